The summed E-state index contributed by atoms with van der Waals surface area (Å²) in [6.07, 6.45) is 0. The van der Waals surface area contributed by atoms with Crippen LogP contribution < -0.4 is 0 Å². The van der Waals surface area contributed by atoms with E-state index in [0.29, 0.717) is 0 Å². The molecule has 50 heavy (non-hydrogen) atoms. The second-order valence-electron chi connectivity index (χ2n) is 13.3. The van der Waals surface area contributed by atoms with Crippen LogP contribution in [0.1, 0.15) is 0 Å². The smallest absolute Gasteiger partial charge is 0.0619 e. The van der Waals surface area contributed by atoms with Gasteiger partial charge in [-0.05, 0) is 85.3 Å². The molecule has 0 N–H and O–H groups in total. The molecule has 1 aromatic heterocycles. The van der Waals surface area contributed by atoms with E-state index in [9.17, 15) is 0 Å². The predicted molar refractivity (Wildman–Crippen MR) is 214 cm³/mol. The van der Waals surface area contributed by atoms with Crippen LogP contribution in [0.3, 0.4) is 0 Å². The maximum atomic E-state index is 2.46. The Balaban J connectivity index is 1.01. The standard InChI is InChI=1S/C48H29NS/c1-3-10-37-32(8-1)23-28-43-46(37)42-26-22-33-9-2-4-11-38(33)48(42)49(43)35-24-20-31(21-25-35)30-16-18-34(19-17-30)36-27-29-45-47-40(36)13-7-14-41(47)39-12-5-6-15-44(39)50-45/h1-29H. The van der Waals surface area contributed by atoms with Crippen molar-refractivity contribution in [2.75, 3.05) is 0 Å². The first-order valence-electron chi connectivity index (χ1n) is 17.2. The maximum absolute atomic E-state index is 2.46. The van der Waals surface area contributed by atoms with Crippen molar-refractivity contribution in [1.82, 2.24) is 4.57 Å². The van der Waals surface area contributed by atoms with Crippen LogP contribution in [-0.4, -0.2) is 4.57 Å². The fourth-order valence-corrected chi connectivity index (χ4v) is 9.42. The SMILES string of the molecule is c1ccc2c(c1)Sc1ccc(-c3ccc(-c4ccc(-n5c6ccc7ccccc7c6c6ccc7ccccc7c65)cc4)cc3)c3cccc-2c13. The van der Waals surface area contributed by atoms with Gasteiger partial charge in [0.25, 0.3) is 0 Å². The van der Waals surface area contributed by atoms with Crippen LogP contribution in [0.15, 0.2) is 186 Å². The molecule has 0 spiro atoms. The quantitative estimate of drug-likeness (QED) is 0.184. The van der Waals surface area contributed by atoms with Crippen molar-refractivity contribution in [3.63, 3.8) is 0 Å². The van der Waals surface area contributed by atoms with Gasteiger partial charge < -0.3 is 4.57 Å². The Hall–Kier alpha value is -6.09. The molecule has 2 heteroatoms. The number of hydrogen-bond acceptors (Lipinski definition) is 1. The predicted octanol–water partition coefficient (Wildman–Crippen LogP) is 13.7. The van der Waals surface area contributed by atoms with E-state index in [1.807, 2.05) is 11.8 Å². The Morgan fingerprint density at radius 3 is 1.82 bits per heavy atom. The van der Waals surface area contributed by atoms with Crippen molar-refractivity contribution < 1.29 is 0 Å². The highest BCUT2D eigenvalue weighted by Gasteiger charge is 2.21. The molecule has 0 saturated carbocycles. The number of hydrogen-bond donors (Lipinski definition) is 0. The highest BCUT2D eigenvalue weighted by molar-refractivity contribution is 7.99. The Morgan fingerprint density at radius 1 is 0.340 bits per heavy atom. The van der Waals surface area contributed by atoms with Gasteiger partial charge in [-0.3, -0.25) is 0 Å². The van der Waals surface area contributed by atoms with Crippen LogP contribution in [-0.2, 0) is 0 Å². The second kappa shape index (κ2) is 10.7. The van der Waals surface area contributed by atoms with Gasteiger partial charge in [0.2, 0.25) is 0 Å². The number of benzene rings is 9. The molecule has 0 aliphatic carbocycles. The number of fused-ring (bicyclic) bond motifs is 9. The van der Waals surface area contributed by atoms with Gasteiger partial charge in [-0.25, -0.2) is 0 Å². The van der Waals surface area contributed by atoms with Gasteiger partial charge in [0.15, 0.2) is 0 Å². The third-order valence-electron chi connectivity index (χ3n) is 10.6. The molecule has 0 bridgehead atoms. The molecule has 9 aromatic carbocycles. The minimum absolute atomic E-state index is 1.17. The number of aromatic nitrogens is 1. The normalized spacial score (nSPS) is 12.3. The Morgan fingerprint density at radius 2 is 0.980 bits per heavy atom. The molecule has 1 aliphatic rings. The first-order valence-corrected chi connectivity index (χ1v) is 18.0. The second-order valence-corrected chi connectivity index (χ2v) is 14.3. The van der Waals surface area contributed by atoms with E-state index in [1.165, 1.54) is 103 Å². The average Bonchev–Trinajstić information content (AvgIpc) is 3.54. The molecule has 0 saturated heterocycles. The van der Waals surface area contributed by atoms with Crippen molar-refractivity contribution in [2.45, 2.75) is 9.79 Å². The lowest BCUT2D eigenvalue weighted by Gasteiger charge is -2.21. The summed E-state index contributed by atoms with van der Waals surface area (Å²) in [5.41, 5.74) is 11.3. The zero-order valence-corrected chi connectivity index (χ0v) is 27.9. The van der Waals surface area contributed by atoms with E-state index in [0.717, 1.165) is 0 Å². The van der Waals surface area contributed by atoms with Crippen LogP contribution in [0, 0.1) is 0 Å². The minimum atomic E-state index is 1.17. The van der Waals surface area contributed by atoms with Crippen LogP contribution in [0.25, 0.3) is 93.2 Å². The third kappa shape index (κ3) is 4.03. The molecular weight excluding hydrogens is 623 g/mol. The van der Waals surface area contributed by atoms with Crippen LogP contribution >= 0.6 is 11.8 Å². The van der Waals surface area contributed by atoms with E-state index in [4.69, 9.17) is 0 Å². The van der Waals surface area contributed by atoms with Crippen molar-refractivity contribution in [2.24, 2.45) is 0 Å². The van der Waals surface area contributed by atoms with Gasteiger partial charge >= 0.3 is 0 Å². The molecule has 2 heterocycles. The zero-order valence-electron chi connectivity index (χ0n) is 27.1. The van der Waals surface area contributed by atoms with E-state index in [-0.39, 0.29) is 0 Å². The van der Waals surface area contributed by atoms with Crippen molar-refractivity contribution in [3.05, 3.63) is 176 Å². The molecule has 11 rings (SSSR count). The highest BCUT2D eigenvalue weighted by Crippen LogP contribution is 2.49. The molecule has 0 amide bonds. The van der Waals surface area contributed by atoms with Gasteiger partial charge in [-0.2, -0.15) is 0 Å². The van der Waals surface area contributed by atoms with Crippen LogP contribution in [0.5, 0.6) is 0 Å². The van der Waals surface area contributed by atoms with Gasteiger partial charge in [0.1, 0.15) is 0 Å². The van der Waals surface area contributed by atoms with E-state index in [2.05, 4.69) is 180 Å². The van der Waals surface area contributed by atoms with Gasteiger partial charge in [0, 0.05) is 37.0 Å². The highest BCUT2D eigenvalue weighted by atomic mass is 32.2. The molecule has 0 atom stereocenters. The number of nitrogens with zero attached hydrogens (tertiary/aromatic N) is 1. The summed E-state index contributed by atoms with van der Waals surface area (Å²) in [4.78, 5) is 2.66. The first kappa shape index (κ1) is 27.8. The van der Waals surface area contributed by atoms with Gasteiger partial charge in [-0.1, -0.05) is 157 Å². The topological polar surface area (TPSA) is 4.93 Å². The lowest BCUT2D eigenvalue weighted by Crippen LogP contribution is -1.95. The molecule has 0 radical (unpaired) electrons. The molecule has 0 fully saturated rings. The monoisotopic (exact) mass is 651 g/mol. The van der Waals surface area contributed by atoms with Crippen LogP contribution in [0.4, 0.5) is 0 Å². The van der Waals surface area contributed by atoms with E-state index in [1.54, 1.807) is 0 Å². The molecular formula is C48H29NS. The summed E-state index contributed by atoms with van der Waals surface area (Å²) in [5, 5.41) is 10.4. The fraction of sp³-hybridized carbons (Fsp3) is 0. The summed E-state index contributed by atoms with van der Waals surface area (Å²) < 4.78 is 2.46. The molecule has 1 nitrogen and oxygen atoms in total. The Bertz CT molecular complexity index is 2990. The van der Waals surface area contributed by atoms with E-state index >= 15 is 0 Å². The average molecular weight is 652 g/mol. The Labute approximate surface area is 294 Å². The molecule has 232 valence electrons. The van der Waals surface area contributed by atoms with Crippen LogP contribution in [0.2, 0.25) is 0 Å². The van der Waals surface area contributed by atoms with Gasteiger partial charge in [0.05, 0.1) is 11.0 Å². The lowest BCUT2D eigenvalue weighted by molar-refractivity contribution is 1.19. The van der Waals surface area contributed by atoms with Gasteiger partial charge in [-0.15, -0.1) is 0 Å². The molecule has 0 unspecified atom stereocenters. The van der Waals surface area contributed by atoms with Crippen molar-refractivity contribution in [3.8, 4) is 39.1 Å². The molecule has 1 aliphatic heterocycles. The summed E-state index contributed by atoms with van der Waals surface area (Å²) in [7, 11) is 0. The molecule has 10 aromatic rings. The lowest BCUT2D eigenvalue weighted by atomic mass is 9.92. The fourth-order valence-electron chi connectivity index (χ4n) is 8.29. The summed E-state index contributed by atoms with van der Waals surface area (Å²) in [6, 6.07) is 64.9. The maximum Gasteiger partial charge on any atom is 0.0619 e. The summed E-state index contributed by atoms with van der Waals surface area (Å²) in [6.45, 7) is 0. The summed E-state index contributed by atoms with van der Waals surface area (Å²) >= 11 is 1.88. The Kier molecular flexibility index (Phi) is 5.96. The van der Waals surface area contributed by atoms with Crippen molar-refractivity contribution in [1.29, 1.82) is 0 Å². The zero-order chi connectivity index (χ0) is 32.8. The first-order chi connectivity index (χ1) is 24.8. The third-order valence-corrected chi connectivity index (χ3v) is 11.7. The van der Waals surface area contributed by atoms with E-state index < -0.39 is 0 Å². The largest absolute Gasteiger partial charge is 0.309 e. The van der Waals surface area contributed by atoms with Crippen molar-refractivity contribution >= 4 is 65.9 Å². The minimum Gasteiger partial charge on any atom is -0.309 e. The summed E-state index contributed by atoms with van der Waals surface area (Å²) in [5.74, 6) is 0. The number of rotatable bonds is 3.